The first-order chi connectivity index (χ1) is 10.7. The average Bonchev–Trinajstić information content (AvgIpc) is 2.52. The highest BCUT2D eigenvalue weighted by Crippen LogP contribution is 2.23. The van der Waals surface area contributed by atoms with Gasteiger partial charge >= 0.3 is 0 Å². The van der Waals surface area contributed by atoms with Crippen molar-refractivity contribution < 1.29 is 0 Å². The van der Waals surface area contributed by atoms with E-state index < -0.39 is 0 Å². The van der Waals surface area contributed by atoms with Crippen molar-refractivity contribution in [2.75, 3.05) is 10.6 Å². The van der Waals surface area contributed by atoms with Crippen LogP contribution in [0.3, 0.4) is 0 Å². The molecule has 1 aliphatic rings. The first-order valence-corrected chi connectivity index (χ1v) is 8.63. The number of anilines is 3. The van der Waals surface area contributed by atoms with Crippen LogP contribution in [0, 0.1) is 6.92 Å². The van der Waals surface area contributed by atoms with E-state index in [-0.39, 0.29) is 0 Å². The van der Waals surface area contributed by atoms with E-state index in [1.54, 1.807) is 6.20 Å². The maximum absolute atomic E-state index is 4.57. The molecule has 1 fully saturated rings. The summed E-state index contributed by atoms with van der Waals surface area (Å²) in [4.78, 5) is 8.91. The monoisotopic (exact) mass is 360 g/mol. The zero-order valence-corrected chi connectivity index (χ0v) is 14.4. The molecule has 5 heteroatoms. The summed E-state index contributed by atoms with van der Waals surface area (Å²) in [6.45, 7) is 2.07. The molecule has 1 heterocycles. The van der Waals surface area contributed by atoms with Gasteiger partial charge in [-0.05, 0) is 49.6 Å². The van der Waals surface area contributed by atoms with E-state index in [2.05, 4.69) is 49.5 Å². The summed E-state index contributed by atoms with van der Waals surface area (Å²) in [6.07, 6.45) is 8.18. The summed E-state index contributed by atoms with van der Waals surface area (Å²) in [6, 6.07) is 8.58. The van der Waals surface area contributed by atoms with Crippen molar-refractivity contribution in [3.8, 4) is 0 Å². The second-order valence-corrected chi connectivity index (χ2v) is 6.69. The predicted molar refractivity (Wildman–Crippen MR) is 94.7 cm³/mol. The predicted octanol–water partition coefficient (Wildman–Crippen LogP) is 5.04. The number of hydrogen-bond acceptors (Lipinski definition) is 4. The molecular formula is C17H21BrN4. The van der Waals surface area contributed by atoms with Crippen LogP contribution >= 0.6 is 15.9 Å². The van der Waals surface area contributed by atoms with Gasteiger partial charge in [0.2, 0.25) is 5.95 Å². The Morgan fingerprint density at radius 3 is 2.73 bits per heavy atom. The number of hydrogen-bond donors (Lipinski definition) is 2. The van der Waals surface area contributed by atoms with Crippen molar-refractivity contribution in [3.05, 3.63) is 40.5 Å². The summed E-state index contributed by atoms with van der Waals surface area (Å²) in [5.74, 6) is 1.53. The van der Waals surface area contributed by atoms with Gasteiger partial charge in [0.05, 0.1) is 0 Å². The molecule has 0 spiro atoms. The smallest absolute Gasteiger partial charge is 0.224 e. The molecule has 1 saturated carbocycles. The third-order valence-electron chi connectivity index (χ3n) is 4.02. The molecule has 1 aromatic carbocycles. The lowest BCUT2D eigenvalue weighted by Crippen LogP contribution is -2.23. The second kappa shape index (κ2) is 7.09. The molecule has 0 atom stereocenters. The summed E-state index contributed by atoms with van der Waals surface area (Å²) in [5, 5.41) is 6.80. The number of aromatic nitrogens is 2. The molecule has 0 bridgehead atoms. The molecule has 0 aliphatic heterocycles. The van der Waals surface area contributed by atoms with Crippen molar-refractivity contribution in [2.45, 2.75) is 45.1 Å². The maximum atomic E-state index is 4.57. The minimum absolute atomic E-state index is 0.513. The van der Waals surface area contributed by atoms with Crippen LogP contribution in [0.4, 0.5) is 17.5 Å². The molecule has 1 aliphatic carbocycles. The molecule has 3 rings (SSSR count). The standard InChI is InChI=1S/C17H21BrN4/c1-12-11-14(7-8-15(12)18)20-16-9-10-19-17(22-16)21-13-5-3-2-4-6-13/h7-11,13H,2-6H2,1H3,(H2,19,20,21,22). The van der Waals surface area contributed by atoms with Gasteiger partial charge in [-0.1, -0.05) is 35.2 Å². The lowest BCUT2D eigenvalue weighted by Gasteiger charge is -2.22. The molecule has 4 nitrogen and oxygen atoms in total. The van der Waals surface area contributed by atoms with Crippen LogP contribution in [-0.4, -0.2) is 16.0 Å². The van der Waals surface area contributed by atoms with E-state index >= 15 is 0 Å². The van der Waals surface area contributed by atoms with Gasteiger partial charge < -0.3 is 10.6 Å². The van der Waals surface area contributed by atoms with Crippen molar-refractivity contribution in [1.82, 2.24) is 9.97 Å². The SMILES string of the molecule is Cc1cc(Nc2ccnc(NC3CCCCC3)n2)ccc1Br. The number of nitrogens with zero attached hydrogens (tertiary/aromatic N) is 2. The van der Waals surface area contributed by atoms with Gasteiger partial charge in [0.1, 0.15) is 5.82 Å². The van der Waals surface area contributed by atoms with Crippen molar-refractivity contribution in [2.24, 2.45) is 0 Å². The van der Waals surface area contributed by atoms with E-state index in [4.69, 9.17) is 0 Å². The largest absolute Gasteiger partial charge is 0.351 e. The van der Waals surface area contributed by atoms with E-state index in [1.165, 1.54) is 37.7 Å². The van der Waals surface area contributed by atoms with Crippen LogP contribution in [0.25, 0.3) is 0 Å². The molecule has 1 aromatic heterocycles. The highest BCUT2D eigenvalue weighted by molar-refractivity contribution is 9.10. The van der Waals surface area contributed by atoms with Crippen molar-refractivity contribution in [1.29, 1.82) is 0 Å². The molecule has 2 aromatic rings. The number of nitrogens with one attached hydrogen (secondary N) is 2. The van der Waals surface area contributed by atoms with Gasteiger partial charge in [-0.3, -0.25) is 0 Å². The number of aryl methyl sites for hydroxylation is 1. The Labute approximate surface area is 139 Å². The molecule has 0 saturated heterocycles. The minimum Gasteiger partial charge on any atom is -0.351 e. The van der Waals surface area contributed by atoms with Gasteiger partial charge in [0.25, 0.3) is 0 Å². The maximum Gasteiger partial charge on any atom is 0.224 e. The van der Waals surface area contributed by atoms with Gasteiger partial charge in [-0.15, -0.1) is 0 Å². The first kappa shape index (κ1) is 15.3. The van der Waals surface area contributed by atoms with Crippen LogP contribution in [-0.2, 0) is 0 Å². The Morgan fingerprint density at radius 2 is 1.95 bits per heavy atom. The summed E-state index contributed by atoms with van der Waals surface area (Å²) >= 11 is 3.52. The Balaban J connectivity index is 1.68. The third kappa shape index (κ3) is 3.97. The van der Waals surface area contributed by atoms with Crippen molar-refractivity contribution >= 4 is 33.4 Å². The van der Waals surface area contributed by atoms with Crippen molar-refractivity contribution in [3.63, 3.8) is 0 Å². The molecule has 2 N–H and O–H groups in total. The normalized spacial score (nSPS) is 15.5. The van der Waals surface area contributed by atoms with Gasteiger partial charge in [0, 0.05) is 22.4 Å². The molecule has 116 valence electrons. The van der Waals surface area contributed by atoms with Gasteiger partial charge in [-0.2, -0.15) is 4.98 Å². The average molecular weight is 361 g/mol. The number of benzene rings is 1. The molecule has 0 unspecified atom stereocenters. The molecule has 22 heavy (non-hydrogen) atoms. The van der Waals surface area contributed by atoms with Gasteiger partial charge in [-0.25, -0.2) is 4.98 Å². The zero-order chi connectivity index (χ0) is 15.4. The van der Waals surface area contributed by atoms with E-state index in [1.807, 2.05) is 18.2 Å². The van der Waals surface area contributed by atoms with Crippen LogP contribution < -0.4 is 10.6 Å². The minimum atomic E-state index is 0.513. The zero-order valence-electron chi connectivity index (χ0n) is 12.8. The third-order valence-corrected chi connectivity index (χ3v) is 4.91. The van der Waals surface area contributed by atoms with E-state index in [0.29, 0.717) is 12.0 Å². The van der Waals surface area contributed by atoms with E-state index in [0.717, 1.165) is 16.0 Å². The van der Waals surface area contributed by atoms with Gasteiger partial charge in [0.15, 0.2) is 0 Å². The van der Waals surface area contributed by atoms with Crippen LogP contribution in [0.5, 0.6) is 0 Å². The quantitative estimate of drug-likeness (QED) is 0.801. The molecule has 0 radical (unpaired) electrons. The fourth-order valence-corrected chi connectivity index (χ4v) is 3.04. The topological polar surface area (TPSA) is 49.8 Å². The Bertz CT molecular complexity index is 638. The highest BCUT2D eigenvalue weighted by atomic mass is 79.9. The fraction of sp³-hybridized carbons (Fsp3) is 0.412. The molecule has 0 amide bonds. The van der Waals surface area contributed by atoms with Crippen LogP contribution in [0.2, 0.25) is 0 Å². The fourth-order valence-electron chi connectivity index (χ4n) is 2.80. The number of halogens is 1. The summed E-state index contributed by atoms with van der Waals surface area (Å²) in [5.41, 5.74) is 2.22. The van der Waals surface area contributed by atoms with E-state index in [9.17, 15) is 0 Å². The Hall–Kier alpha value is -1.62. The molecular weight excluding hydrogens is 340 g/mol. The Morgan fingerprint density at radius 1 is 1.14 bits per heavy atom. The Kier molecular flexibility index (Phi) is 4.93. The van der Waals surface area contributed by atoms with Crippen LogP contribution in [0.1, 0.15) is 37.7 Å². The lowest BCUT2D eigenvalue weighted by atomic mass is 9.96. The highest BCUT2D eigenvalue weighted by Gasteiger charge is 2.14. The first-order valence-electron chi connectivity index (χ1n) is 7.83. The second-order valence-electron chi connectivity index (χ2n) is 5.83. The summed E-state index contributed by atoms with van der Waals surface area (Å²) in [7, 11) is 0. The number of rotatable bonds is 4. The summed E-state index contributed by atoms with van der Waals surface area (Å²) < 4.78 is 1.11. The van der Waals surface area contributed by atoms with Crippen LogP contribution in [0.15, 0.2) is 34.9 Å². The lowest BCUT2D eigenvalue weighted by molar-refractivity contribution is 0.461.